The first-order valence-corrected chi connectivity index (χ1v) is 2.78. The monoisotopic (exact) mass is 180 g/mol. The Labute approximate surface area is 64.3 Å². The molecule has 0 radical (unpaired) electrons. The van der Waals surface area contributed by atoms with Crippen LogP contribution < -0.4 is 5.32 Å². The number of hydrogen-bond acceptors (Lipinski definition) is 3. The number of aromatic nitrogens is 1. The summed E-state index contributed by atoms with van der Waals surface area (Å²) in [7, 11) is 0. The Balaban J connectivity index is 2.63. The summed E-state index contributed by atoms with van der Waals surface area (Å²) in [6.07, 6.45) is -3.73. The van der Waals surface area contributed by atoms with Crippen molar-refractivity contribution in [2.45, 2.75) is 6.30 Å². The Kier molecular flexibility index (Phi) is 2.03. The van der Waals surface area contributed by atoms with Crippen LogP contribution in [0.5, 0.6) is 0 Å². The maximum Gasteiger partial charge on any atom is 0.484 e. The van der Waals surface area contributed by atoms with Crippen molar-refractivity contribution < 1.29 is 22.5 Å². The second kappa shape index (κ2) is 2.84. The second-order valence-electron chi connectivity index (χ2n) is 1.84. The van der Waals surface area contributed by atoms with Gasteiger partial charge in [0, 0.05) is 6.07 Å². The molecule has 1 N–H and O–H groups in total. The summed E-state index contributed by atoms with van der Waals surface area (Å²) in [5.41, 5.74) is -0.410. The predicted octanol–water partition coefficient (Wildman–Crippen LogP) is 0.924. The summed E-state index contributed by atoms with van der Waals surface area (Å²) >= 11 is 0. The number of nitrogens with zero attached hydrogens (tertiary/aromatic N) is 1. The molecule has 1 aromatic heterocycles. The maximum absolute atomic E-state index is 11.5. The van der Waals surface area contributed by atoms with Crippen LogP contribution in [-0.4, -0.2) is 17.4 Å². The summed E-state index contributed by atoms with van der Waals surface area (Å²) in [6.45, 7) is 0. The highest BCUT2D eigenvalue weighted by Gasteiger charge is 2.31. The van der Waals surface area contributed by atoms with E-state index in [4.69, 9.17) is 0 Å². The molecule has 1 heterocycles. The van der Waals surface area contributed by atoms with Crippen LogP contribution >= 0.6 is 0 Å². The van der Waals surface area contributed by atoms with Gasteiger partial charge in [-0.25, -0.2) is 0 Å². The molecule has 0 fully saturated rings. The molecule has 1 rings (SSSR count). The lowest BCUT2D eigenvalue weighted by molar-refractivity contribution is -0.146. The first kappa shape index (κ1) is 8.57. The van der Waals surface area contributed by atoms with Gasteiger partial charge in [-0.1, -0.05) is 5.16 Å². The zero-order valence-electron chi connectivity index (χ0n) is 5.55. The van der Waals surface area contributed by atoms with Crippen LogP contribution in [0.2, 0.25) is 0 Å². The topological polar surface area (TPSA) is 55.1 Å². The van der Waals surface area contributed by atoms with E-state index < -0.39 is 17.9 Å². The van der Waals surface area contributed by atoms with Crippen LogP contribution in [0.25, 0.3) is 0 Å². The van der Waals surface area contributed by atoms with Gasteiger partial charge in [-0.05, 0) is 0 Å². The normalized spacial score (nSPS) is 11.2. The minimum atomic E-state index is -4.74. The average molecular weight is 180 g/mol. The third-order valence-corrected chi connectivity index (χ3v) is 0.926. The van der Waals surface area contributed by atoms with E-state index in [2.05, 4.69) is 9.68 Å². The van der Waals surface area contributed by atoms with Gasteiger partial charge in [-0.2, -0.15) is 13.2 Å². The zero-order valence-corrected chi connectivity index (χ0v) is 5.55. The summed E-state index contributed by atoms with van der Waals surface area (Å²) in [5.74, 6) is -1.34. The van der Waals surface area contributed by atoms with E-state index in [1.807, 2.05) is 0 Å². The fraction of sp³-hybridized carbons (Fsp3) is 0.200. The van der Waals surface area contributed by atoms with Crippen molar-refractivity contribution in [3.63, 3.8) is 0 Å². The molecule has 0 saturated heterocycles. The molecule has 7 heteroatoms. The Morgan fingerprint density at radius 2 is 2.25 bits per heavy atom. The van der Waals surface area contributed by atoms with Crippen LogP contribution in [0, 0.1) is 0 Å². The Morgan fingerprint density at radius 3 is 2.67 bits per heavy atom. The van der Waals surface area contributed by atoms with Crippen molar-refractivity contribution in [3.8, 4) is 0 Å². The number of rotatable bonds is 1. The van der Waals surface area contributed by atoms with Crippen LogP contribution in [0.15, 0.2) is 16.9 Å². The molecule has 1 amide bonds. The Hall–Kier alpha value is -1.53. The average Bonchev–Trinajstić information content (AvgIpc) is 2.32. The molecule has 66 valence electrons. The third-order valence-electron chi connectivity index (χ3n) is 0.926. The van der Waals surface area contributed by atoms with Gasteiger partial charge in [0.15, 0.2) is 5.69 Å². The second-order valence-corrected chi connectivity index (χ2v) is 1.84. The first-order chi connectivity index (χ1) is 5.49. The molecule has 4 nitrogen and oxygen atoms in total. The molecule has 0 aromatic carbocycles. The van der Waals surface area contributed by atoms with Crippen molar-refractivity contribution in [2.24, 2.45) is 0 Å². The molecule has 0 aliphatic heterocycles. The highest BCUT2D eigenvalue weighted by molar-refractivity contribution is 5.92. The minimum absolute atomic E-state index is 0.410. The van der Waals surface area contributed by atoms with Crippen molar-refractivity contribution >= 4 is 5.91 Å². The van der Waals surface area contributed by atoms with Crippen LogP contribution in [0.3, 0.4) is 0 Å². The molecule has 0 saturated carbocycles. The fourth-order valence-corrected chi connectivity index (χ4v) is 0.522. The lowest BCUT2D eigenvalue weighted by Crippen LogP contribution is -2.37. The highest BCUT2D eigenvalue weighted by Crippen LogP contribution is 2.10. The Morgan fingerprint density at radius 1 is 1.58 bits per heavy atom. The molecular weight excluding hydrogens is 177 g/mol. The highest BCUT2D eigenvalue weighted by atomic mass is 19.4. The smallest absolute Gasteiger partial charge is 0.364 e. The van der Waals surface area contributed by atoms with Crippen molar-refractivity contribution in [1.82, 2.24) is 10.5 Å². The van der Waals surface area contributed by atoms with Crippen molar-refractivity contribution in [2.75, 3.05) is 0 Å². The molecular formula is C5H3F3N2O2. The van der Waals surface area contributed by atoms with Crippen LogP contribution in [0.1, 0.15) is 10.5 Å². The largest absolute Gasteiger partial charge is 0.484 e. The number of amides is 1. The SMILES string of the molecule is O=C(NC(F)(F)F)c1ccon1. The van der Waals surface area contributed by atoms with Gasteiger partial charge >= 0.3 is 6.30 Å². The molecule has 1 aromatic rings. The van der Waals surface area contributed by atoms with Crippen LogP contribution in [-0.2, 0) is 0 Å². The standard InChI is InChI=1S/C5H3F3N2O2/c6-5(7,8)9-4(11)3-1-2-12-10-3/h1-2H,(H,9,11). The van der Waals surface area contributed by atoms with Crippen LogP contribution in [0.4, 0.5) is 13.2 Å². The number of halogens is 3. The van der Waals surface area contributed by atoms with E-state index >= 15 is 0 Å². The molecule has 0 unspecified atom stereocenters. The van der Waals surface area contributed by atoms with Gasteiger partial charge in [0.1, 0.15) is 6.26 Å². The number of nitrogens with one attached hydrogen (secondary N) is 1. The van der Waals surface area contributed by atoms with Gasteiger partial charge in [0.05, 0.1) is 0 Å². The van der Waals surface area contributed by atoms with E-state index in [1.165, 1.54) is 0 Å². The molecule has 0 spiro atoms. The maximum atomic E-state index is 11.5. The number of carbonyl (C=O) groups excluding carboxylic acids is 1. The number of carbonyl (C=O) groups is 1. The van der Waals surface area contributed by atoms with E-state index in [0.717, 1.165) is 17.6 Å². The lowest BCUT2D eigenvalue weighted by Gasteiger charge is -2.05. The number of alkyl halides is 3. The third kappa shape index (κ3) is 2.26. The van der Waals surface area contributed by atoms with E-state index in [9.17, 15) is 18.0 Å². The quantitative estimate of drug-likeness (QED) is 0.654. The minimum Gasteiger partial charge on any atom is -0.364 e. The van der Waals surface area contributed by atoms with E-state index in [1.54, 1.807) is 0 Å². The number of hydrogen-bond donors (Lipinski definition) is 1. The lowest BCUT2D eigenvalue weighted by atomic mass is 10.4. The summed E-state index contributed by atoms with van der Waals surface area (Å²) in [4.78, 5) is 10.6. The molecule has 0 bridgehead atoms. The van der Waals surface area contributed by atoms with Gasteiger partial charge < -0.3 is 4.52 Å². The molecule has 0 aliphatic carbocycles. The van der Waals surface area contributed by atoms with Crippen molar-refractivity contribution in [1.29, 1.82) is 0 Å². The fourth-order valence-electron chi connectivity index (χ4n) is 0.522. The molecule has 0 atom stereocenters. The summed E-state index contributed by atoms with van der Waals surface area (Å²) in [6, 6.07) is 1.03. The molecule has 12 heavy (non-hydrogen) atoms. The van der Waals surface area contributed by atoms with Gasteiger partial charge in [0.25, 0.3) is 5.91 Å². The van der Waals surface area contributed by atoms with Gasteiger partial charge in [0.2, 0.25) is 0 Å². The zero-order chi connectivity index (χ0) is 9.19. The predicted molar refractivity (Wildman–Crippen MR) is 30.0 cm³/mol. The van der Waals surface area contributed by atoms with Crippen molar-refractivity contribution in [3.05, 3.63) is 18.0 Å². The van der Waals surface area contributed by atoms with E-state index in [0.29, 0.717) is 0 Å². The van der Waals surface area contributed by atoms with E-state index in [-0.39, 0.29) is 0 Å². The van der Waals surface area contributed by atoms with Gasteiger partial charge in [-0.3, -0.25) is 10.1 Å². The Bertz CT molecular complexity index is 267. The molecule has 0 aliphatic rings. The summed E-state index contributed by atoms with van der Waals surface area (Å²) < 4.78 is 38.7. The first-order valence-electron chi connectivity index (χ1n) is 2.78. The summed E-state index contributed by atoms with van der Waals surface area (Å²) in [5, 5.41) is 3.77. The van der Waals surface area contributed by atoms with Gasteiger partial charge in [-0.15, -0.1) is 0 Å².